The lowest BCUT2D eigenvalue weighted by Crippen LogP contribution is -2.26. The molecule has 1 atom stereocenters. The third kappa shape index (κ3) is 3.53. The Kier molecular flexibility index (Phi) is 4.09. The summed E-state index contributed by atoms with van der Waals surface area (Å²) in [5.41, 5.74) is 0.495. The molecule has 0 saturated carbocycles. The number of hydrogen-bond acceptors (Lipinski definition) is 2. The van der Waals surface area contributed by atoms with Crippen LogP contribution >= 0.6 is 0 Å². The molecule has 4 heteroatoms. The maximum absolute atomic E-state index is 12.7. The Bertz CT molecular complexity index is 372. The van der Waals surface area contributed by atoms with Crippen LogP contribution in [0.1, 0.15) is 23.2 Å². The van der Waals surface area contributed by atoms with Crippen LogP contribution in [-0.2, 0) is 4.74 Å². The fourth-order valence-electron chi connectivity index (χ4n) is 1.90. The van der Waals surface area contributed by atoms with Gasteiger partial charge in [0, 0.05) is 25.3 Å². The first-order chi connectivity index (χ1) is 8.25. The van der Waals surface area contributed by atoms with Gasteiger partial charge in [-0.1, -0.05) is 0 Å². The van der Waals surface area contributed by atoms with Crippen LogP contribution in [0.4, 0.5) is 4.39 Å². The summed E-state index contributed by atoms with van der Waals surface area (Å²) >= 11 is 0. The first kappa shape index (κ1) is 12.0. The van der Waals surface area contributed by atoms with Crippen molar-refractivity contribution in [2.45, 2.75) is 12.8 Å². The molecule has 1 unspecified atom stereocenters. The van der Waals surface area contributed by atoms with E-state index in [0.717, 1.165) is 26.1 Å². The highest BCUT2D eigenvalue weighted by Gasteiger charge is 2.15. The van der Waals surface area contributed by atoms with Gasteiger partial charge in [0.05, 0.1) is 0 Å². The number of ether oxygens (including phenoxy) is 1. The molecule has 1 saturated heterocycles. The molecule has 1 fully saturated rings. The maximum atomic E-state index is 12.7. The summed E-state index contributed by atoms with van der Waals surface area (Å²) in [7, 11) is 0. The van der Waals surface area contributed by atoms with E-state index in [9.17, 15) is 9.18 Å². The average Bonchev–Trinajstić information content (AvgIpc) is 2.83. The van der Waals surface area contributed by atoms with Crippen molar-refractivity contribution in [1.82, 2.24) is 5.32 Å². The molecule has 0 spiro atoms. The van der Waals surface area contributed by atoms with E-state index in [1.807, 2.05) is 0 Å². The van der Waals surface area contributed by atoms with Crippen molar-refractivity contribution in [3.8, 4) is 0 Å². The third-order valence-electron chi connectivity index (χ3n) is 2.97. The minimum absolute atomic E-state index is 0.149. The number of carbonyl (C=O) groups excluding carboxylic acids is 1. The van der Waals surface area contributed by atoms with Crippen molar-refractivity contribution >= 4 is 5.91 Å². The number of amides is 1. The second kappa shape index (κ2) is 5.77. The van der Waals surface area contributed by atoms with Gasteiger partial charge < -0.3 is 10.1 Å². The first-order valence-electron chi connectivity index (χ1n) is 5.87. The van der Waals surface area contributed by atoms with Gasteiger partial charge in [-0.05, 0) is 43.0 Å². The van der Waals surface area contributed by atoms with Gasteiger partial charge in [0.1, 0.15) is 5.82 Å². The van der Waals surface area contributed by atoms with Crippen molar-refractivity contribution in [1.29, 1.82) is 0 Å². The Morgan fingerprint density at radius 3 is 2.82 bits per heavy atom. The predicted octanol–water partition coefficient (Wildman–Crippen LogP) is 1.98. The van der Waals surface area contributed by atoms with Crippen molar-refractivity contribution in [3.05, 3.63) is 35.6 Å². The molecular formula is C13H16FNO2. The Labute approximate surface area is 100.0 Å². The minimum atomic E-state index is -0.329. The van der Waals surface area contributed by atoms with Gasteiger partial charge in [0.15, 0.2) is 0 Å². The molecule has 1 aromatic carbocycles. The Hall–Kier alpha value is -1.42. The molecule has 0 aromatic heterocycles. The summed E-state index contributed by atoms with van der Waals surface area (Å²) in [6, 6.07) is 5.56. The smallest absolute Gasteiger partial charge is 0.251 e. The number of benzene rings is 1. The Morgan fingerprint density at radius 1 is 1.41 bits per heavy atom. The molecular weight excluding hydrogens is 221 g/mol. The summed E-state index contributed by atoms with van der Waals surface area (Å²) in [4.78, 5) is 11.7. The van der Waals surface area contributed by atoms with Crippen molar-refractivity contribution < 1.29 is 13.9 Å². The van der Waals surface area contributed by atoms with Gasteiger partial charge in [-0.15, -0.1) is 0 Å². The zero-order valence-corrected chi connectivity index (χ0v) is 9.62. The number of rotatable bonds is 4. The van der Waals surface area contributed by atoms with Crippen LogP contribution in [0.2, 0.25) is 0 Å². The highest BCUT2D eigenvalue weighted by Crippen LogP contribution is 2.15. The molecule has 1 aromatic rings. The van der Waals surface area contributed by atoms with E-state index < -0.39 is 0 Å². The van der Waals surface area contributed by atoms with Gasteiger partial charge in [-0.25, -0.2) is 4.39 Å². The van der Waals surface area contributed by atoms with Crippen LogP contribution in [0.15, 0.2) is 24.3 Å². The molecule has 3 nitrogen and oxygen atoms in total. The topological polar surface area (TPSA) is 38.3 Å². The second-order valence-electron chi connectivity index (χ2n) is 4.28. The van der Waals surface area contributed by atoms with Crippen LogP contribution in [0.3, 0.4) is 0 Å². The first-order valence-corrected chi connectivity index (χ1v) is 5.87. The zero-order valence-electron chi connectivity index (χ0n) is 9.62. The second-order valence-corrected chi connectivity index (χ2v) is 4.28. The summed E-state index contributed by atoms with van der Waals surface area (Å²) in [5, 5.41) is 2.83. The van der Waals surface area contributed by atoms with E-state index in [-0.39, 0.29) is 11.7 Å². The lowest BCUT2D eigenvalue weighted by atomic mass is 10.1. The standard InChI is InChI=1S/C13H16FNO2/c14-12-3-1-11(2-4-12)13(16)15-7-5-10-6-8-17-9-10/h1-4,10H,5-9H2,(H,15,16). The third-order valence-corrected chi connectivity index (χ3v) is 2.97. The van der Waals surface area contributed by atoms with Crippen molar-refractivity contribution in [3.63, 3.8) is 0 Å². The molecule has 0 bridgehead atoms. The van der Waals surface area contributed by atoms with E-state index in [1.54, 1.807) is 0 Å². The number of halogens is 1. The molecule has 17 heavy (non-hydrogen) atoms. The number of carbonyl (C=O) groups is 1. The lowest BCUT2D eigenvalue weighted by Gasteiger charge is -2.08. The van der Waals surface area contributed by atoms with Crippen LogP contribution in [-0.4, -0.2) is 25.7 Å². The fraction of sp³-hybridized carbons (Fsp3) is 0.462. The van der Waals surface area contributed by atoms with Crippen molar-refractivity contribution in [2.75, 3.05) is 19.8 Å². The van der Waals surface area contributed by atoms with Crippen LogP contribution in [0.25, 0.3) is 0 Å². The lowest BCUT2D eigenvalue weighted by molar-refractivity contribution is 0.0950. The quantitative estimate of drug-likeness (QED) is 0.869. The molecule has 1 aliphatic rings. The highest BCUT2D eigenvalue weighted by atomic mass is 19.1. The molecule has 1 heterocycles. The Morgan fingerprint density at radius 2 is 2.18 bits per heavy atom. The molecule has 1 N–H and O–H groups in total. The number of hydrogen-bond donors (Lipinski definition) is 1. The van der Waals surface area contributed by atoms with Gasteiger partial charge >= 0.3 is 0 Å². The van der Waals surface area contributed by atoms with Gasteiger partial charge in [0.2, 0.25) is 0 Å². The van der Waals surface area contributed by atoms with E-state index >= 15 is 0 Å². The molecule has 0 radical (unpaired) electrons. The molecule has 92 valence electrons. The predicted molar refractivity (Wildman–Crippen MR) is 62.3 cm³/mol. The summed E-state index contributed by atoms with van der Waals surface area (Å²) < 4.78 is 17.9. The molecule has 2 rings (SSSR count). The summed E-state index contributed by atoms with van der Waals surface area (Å²) in [6.45, 7) is 2.27. The van der Waals surface area contributed by atoms with Crippen LogP contribution in [0.5, 0.6) is 0 Å². The minimum Gasteiger partial charge on any atom is -0.381 e. The van der Waals surface area contributed by atoms with Gasteiger partial charge in [-0.3, -0.25) is 4.79 Å². The molecule has 1 amide bonds. The molecule has 1 aliphatic heterocycles. The Balaban J connectivity index is 1.75. The van der Waals surface area contributed by atoms with Crippen LogP contribution < -0.4 is 5.32 Å². The number of nitrogens with one attached hydrogen (secondary N) is 1. The zero-order chi connectivity index (χ0) is 12.1. The van der Waals surface area contributed by atoms with E-state index in [4.69, 9.17) is 4.74 Å². The van der Waals surface area contributed by atoms with E-state index in [1.165, 1.54) is 24.3 Å². The SMILES string of the molecule is O=C(NCCC1CCOC1)c1ccc(F)cc1. The van der Waals surface area contributed by atoms with E-state index in [2.05, 4.69) is 5.32 Å². The average molecular weight is 237 g/mol. The van der Waals surface area contributed by atoms with Crippen LogP contribution in [0, 0.1) is 11.7 Å². The fourth-order valence-corrected chi connectivity index (χ4v) is 1.90. The summed E-state index contributed by atoms with van der Waals surface area (Å²) in [5.74, 6) is 0.0806. The van der Waals surface area contributed by atoms with Gasteiger partial charge in [0.25, 0.3) is 5.91 Å². The monoisotopic (exact) mass is 237 g/mol. The summed E-state index contributed by atoms with van der Waals surface area (Å²) in [6.07, 6.45) is 2.01. The largest absolute Gasteiger partial charge is 0.381 e. The maximum Gasteiger partial charge on any atom is 0.251 e. The normalized spacial score (nSPS) is 19.2. The van der Waals surface area contributed by atoms with Crippen molar-refractivity contribution in [2.24, 2.45) is 5.92 Å². The van der Waals surface area contributed by atoms with E-state index in [0.29, 0.717) is 18.0 Å². The highest BCUT2D eigenvalue weighted by molar-refractivity contribution is 5.94. The molecule has 0 aliphatic carbocycles. The van der Waals surface area contributed by atoms with Gasteiger partial charge in [-0.2, -0.15) is 0 Å².